The highest BCUT2D eigenvalue weighted by Gasteiger charge is 2.31. The predicted octanol–water partition coefficient (Wildman–Crippen LogP) is 1.43. The molecule has 24 heavy (non-hydrogen) atoms. The van der Waals surface area contributed by atoms with Gasteiger partial charge in [0, 0.05) is 39.1 Å². The van der Waals surface area contributed by atoms with E-state index in [9.17, 15) is 4.79 Å². The molecule has 7 heteroatoms. The first kappa shape index (κ1) is 14.9. The third-order valence-corrected chi connectivity index (χ3v) is 4.77. The number of nitrogens with zero attached hydrogens (tertiary/aromatic N) is 5. The Labute approximate surface area is 139 Å². The van der Waals surface area contributed by atoms with Gasteiger partial charge in [-0.15, -0.1) is 0 Å². The molecule has 1 unspecified atom stereocenters. The second-order valence-corrected chi connectivity index (χ2v) is 6.25. The second-order valence-electron chi connectivity index (χ2n) is 6.25. The summed E-state index contributed by atoms with van der Waals surface area (Å²) in [4.78, 5) is 29.0. The molecule has 3 aromatic rings. The molecule has 1 aliphatic rings. The van der Waals surface area contributed by atoms with Crippen LogP contribution < -0.4 is 0 Å². The SMILES string of the molecule is CN1CCN(C(=O)c2cccc3[nH]cnc23)CC1c1nccn1C. The first-order valence-electron chi connectivity index (χ1n) is 8.04. The number of rotatable bonds is 2. The second kappa shape index (κ2) is 5.76. The first-order chi connectivity index (χ1) is 11.6. The van der Waals surface area contributed by atoms with E-state index in [0.717, 1.165) is 23.4 Å². The summed E-state index contributed by atoms with van der Waals surface area (Å²) in [6.45, 7) is 2.15. The van der Waals surface area contributed by atoms with Crippen molar-refractivity contribution >= 4 is 16.9 Å². The number of benzene rings is 1. The van der Waals surface area contributed by atoms with Crippen molar-refractivity contribution in [2.75, 3.05) is 26.7 Å². The van der Waals surface area contributed by atoms with E-state index in [4.69, 9.17) is 0 Å². The number of carbonyl (C=O) groups is 1. The number of para-hydroxylation sites is 1. The predicted molar refractivity (Wildman–Crippen MR) is 90.6 cm³/mol. The zero-order valence-electron chi connectivity index (χ0n) is 13.8. The van der Waals surface area contributed by atoms with Gasteiger partial charge in [-0.1, -0.05) is 6.07 Å². The zero-order chi connectivity index (χ0) is 16.7. The molecule has 1 amide bonds. The number of imidazole rings is 2. The van der Waals surface area contributed by atoms with Crippen LogP contribution in [0, 0.1) is 0 Å². The van der Waals surface area contributed by atoms with Crippen LogP contribution in [-0.4, -0.2) is 61.9 Å². The molecule has 1 atom stereocenters. The first-order valence-corrected chi connectivity index (χ1v) is 8.04. The Morgan fingerprint density at radius 1 is 1.25 bits per heavy atom. The summed E-state index contributed by atoms with van der Waals surface area (Å²) in [6, 6.07) is 5.76. The van der Waals surface area contributed by atoms with E-state index >= 15 is 0 Å². The van der Waals surface area contributed by atoms with Crippen LogP contribution in [0.15, 0.2) is 36.9 Å². The van der Waals surface area contributed by atoms with E-state index in [2.05, 4.69) is 26.9 Å². The van der Waals surface area contributed by atoms with Gasteiger partial charge in [0.25, 0.3) is 5.91 Å². The molecule has 0 aliphatic carbocycles. The number of carbonyl (C=O) groups excluding carboxylic acids is 1. The number of likely N-dealkylation sites (N-methyl/N-ethyl adjacent to an activating group) is 1. The van der Waals surface area contributed by atoms with Gasteiger partial charge in [0.15, 0.2) is 0 Å². The minimum atomic E-state index is 0.0278. The summed E-state index contributed by atoms with van der Waals surface area (Å²) in [7, 11) is 4.07. The van der Waals surface area contributed by atoms with Gasteiger partial charge < -0.3 is 14.5 Å². The molecule has 0 bridgehead atoms. The topological polar surface area (TPSA) is 70.1 Å². The van der Waals surface area contributed by atoms with Gasteiger partial charge in [-0.2, -0.15) is 0 Å². The van der Waals surface area contributed by atoms with Crippen LogP contribution in [0.5, 0.6) is 0 Å². The van der Waals surface area contributed by atoms with Crippen LogP contribution in [0.3, 0.4) is 0 Å². The average molecular weight is 324 g/mol. The minimum absolute atomic E-state index is 0.0278. The van der Waals surface area contributed by atoms with Gasteiger partial charge in [-0.25, -0.2) is 9.97 Å². The lowest BCUT2D eigenvalue weighted by atomic mass is 10.1. The van der Waals surface area contributed by atoms with Crippen LogP contribution in [0.25, 0.3) is 11.0 Å². The number of aromatic nitrogens is 4. The summed E-state index contributed by atoms with van der Waals surface area (Å²) in [6.07, 6.45) is 5.37. The molecule has 3 heterocycles. The highest BCUT2D eigenvalue weighted by Crippen LogP contribution is 2.25. The normalized spacial score (nSPS) is 19.1. The van der Waals surface area contributed by atoms with E-state index in [-0.39, 0.29) is 11.9 Å². The van der Waals surface area contributed by atoms with E-state index in [1.54, 1.807) is 12.5 Å². The Morgan fingerprint density at radius 2 is 2.12 bits per heavy atom. The van der Waals surface area contributed by atoms with Crippen molar-refractivity contribution in [3.8, 4) is 0 Å². The summed E-state index contributed by atoms with van der Waals surface area (Å²) in [5.41, 5.74) is 2.27. The number of hydrogen-bond donors (Lipinski definition) is 1. The molecule has 2 aromatic heterocycles. The summed E-state index contributed by atoms with van der Waals surface area (Å²) in [5, 5.41) is 0. The van der Waals surface area contributed by atoms with Gasteiger partial charge in [-0.3, -0.25) is 9.69 Å². The number of aromatic amines is 1. The average Bonchev–Trinajstić information content (AvgIpc) is 3.23. The molecule has 4 rings (SSSR count). The Morgan fingerprint density at radius 3 is 2.92 bits per heavy atom. The van der Waals surface area contributed by atoms with Gasteiger partial charge in [0.05, 0.1) is 23.4 Å². The molecule has 1 saturated heterocycles. The lowest BCUT2D eigenvalue weighted by Gasteiger charge is -2.39. The van der Waals surface area contributed by atoms with Gasteiger partial charge in [0.2, 0.25) is 0 Å². The zero-order valence-corrected chi connectivity index (χ0v) is 13.8. The van der Waals surface area contributed by atoms with E-state index in [0.29, 0.717) is 18.7 Å². The maximum atomic E-state index is 13.0. The minimum Gasteiger partial charge on any atom is -0.345 e. The van der Waals surface area contributed by atoms with Crippen LogP contribution in [-0.2, 0) is 7.05 Å². The largest absolute Gasteiger partial charge is 0.345 e. The molecule has 0 radical (unpaired) electrons. The number of H-pyrrole nitrogens is 1. The smallest absolute Gasteiger partial charge is 0.256 e. The fraction of sp³-hybridized carbons (Fsp3) is 0.353. The van der Waals surface area contributed by atoms with Crippen LogP contribution in [0.2, 0.25) is 0 Å². The lowest BCUT2D eigenvalue weighted by Crippen LogP contribution is -2.49. The summed E-state index contributed by atoms with van der Waals surface area (Å²) in [5.74, 6) is 1.01. The van der Waals surface area contributed by atoms with Crippen LogP contribution >= 0.6 is 0 Å². The standard InChI is InChI=1S/C17H20N6O/c1-21-8-9-23(10-14(21)16-18-6-7-22(16)2)17(24)12-4-3-5-13-15(12)20-11-19-13/h3-7,11,14H,8-10H2,1-2H3,(H,19,20). The van der Waals surface area contributed by atoms with E-state index in [1.807, 2.05) is 40.9 Å². The third kappa shape index (κ3) is 2.37. The molecular formula is C17H20N6O. The van der Waals surface area contributed by atoms with Crippen molar-refractivity contribution in [2.45, 2.75) is 6.04 Å². The third-order valence-electron chi connectivity index (χ3n) is 4.77. The number of fused-ring (bicyclic) bond motifs is 1. The van der Waals surface area contributed by atoms with Crippen molar-refractivity contribution in [3.63, 3.8) is 0 Å². The number of aryl methyl sites for hydroxylation is 1. The quantitative estimate of drug-likeness (QED) is 0.774. The van der Waals surface area contributed by atoms with Gasteiger partial charge >= 0.3 is 0 Å². The molecule has 7 nitrogen and oxygen atoms in total. The molecule has 124 valence electrons. The van der Waals surface area contributed by atoms with Crippen LogP contribution in [0.4, 0.5) is 0 Å². The monoisotopic (exact) mass is 324 g/mol. The maximum absolute atomic E-state index is 13.0. The number of amides is 1. The van der Waals surface area contributed by atoms with Crippen molar-refractivity contribution in [2.24, 2.45) is 7.05 Å². The summed E-state index contributed by atoms with van der Waals surface area (Å²) >= 11 is 0. The molecule has 0 spiro atoms. The molecule has 1 fully saturated rings. The fourth-order valence-corrected chi connectivity index (χ4v) is 3.34. The molecular weight excluding hydrogens is 304 g/mol. The van der Waals surface area contributed by atoms with Gasteiger partial charge in [-0.05, 0) is 19.2 Å². The molecule has 0 saturated carbocycles. The molecule has 1 aromatic carbocycles. The number of hydrogen-bond acceptors (Lipinski definition) is 4. The van der Waals surface area contributed by atoms with E-state index < -0.39 is 0 Å². The number of nitrogens with one attached hydrogen (secondary N) is 1. The Kier molecular flexibility index (Phi) is 3.57. The van der Waals surface area contributed by atoms with Crippen LogP contribution in [0.1, 0.15) is 22.2 Å². The highest BCUT2D eigenvalue weighted by molar-refractivity contribution is 6.04. The Hall–Kier alpha value is -2.67. The van der Waals surface area contributed by atoms with Crippen molar-refractivity contribution in [1.82, 2.24) is 29.3 Å². The van der Waals surface area contributed by atoms with Crippen molar-refractivity contribution in [3.05, 3.63) is 48.3 Å². The van der Waals surface area contributed by atoms with Crippen molar-refractivity contribution in [1.29, 1.82) is 0 Å². The van der Waals surface area contributed by atoms with E-state index in [1.165, 1.54) is 0 Å². The maximum Gasteiger partial charge on any atom is 0.256 e. The molecule has 1 N–H and O–H groups in total. The summed E-state index contributed by atoms with van der Waals surface area (Å²) < 4.78 is 2.02. The number of piperazine rings is 1. The fourth-order valence-electron chi connectivity index (χ4n) is 3.34. The Bertz CT molecular complexity index is 882. The van der Waals surface area contributed by atoms with Gasteiger partial charge in [0.1, 0.15) is 11.3 Å². The lowest BCUT2D eigenvalue weighted by molar-refractivity contribution is 0.0530. The van der Waals surface area contributed by atoms with Crippen molar-refractivity contribution < 1.29 is 4.79 Å². The Balaban J connectivity index is 1.63. The highest BCUT2D eigenvalue weighted by atomic mass is 16.2. The molecule has 1 aliphatic heterocycles.